The first-order chi connectivity index (χ1) is 14.9. The first-order valence-corrected chi connectivity index (χ1v) is 11.2. The maximum atomic E-state index is 12.4. The van der Waals surface area contributed by atoms with E-state index in [4.69, 9.17) is 4.74 Å². The number of hydrogen-bond donors (Lipinski definition) is 1. The Morgan fingerprint density at radius 2 is 1.87 bits per heavy atom. The Labute approximate surface area is 187 Å². The number of amidine groups is 1. The molecule has 0 atom stereocenters. The molecule has 0 spiro atoms. The van der Waals surface area contributed by atoms with Crippen LogP contribution in [-0.2, 0) is 9.53 Å². The molecule has 31 heavy (non-hydrogen) atoms. The summed E-state index contributed by atoms with van der Waals surface area (Å²) in [7, 11) is 0. The molecular weight excluding hydrogens is 410 g/mol. The van der Waals surface area contributed by atoms with Crippen LogP contribution in [0.1, 0.15) is 43.6 Å². The lowest BCUT2D eigenvalue weighted by molar-refractivity contribution is -0.115. The van der Waals surface area contributed by atoms with Gasteiger partial charge in [0.15, 0.2) is 5.17 Å². The van der Waals surface area contributed by atoms with Crippen molar-refractivity contribution >= 4 is 46.3 Å². The number of thioether (sulfide) groups is 1. The van der Waals surface area contributed by atoms with E-state index >= 15 is 0 Å². The van der Waals surface area contributed by atoms with E-state index in [9.17, 15) is 9.59 Å². The summed E-state index contributed by atoms with van der Waals surface area (Å²) in [5.74, 6) is -0.583. The van der Waals surface area contributed by atoms with Gasteiger partial charge < -0.3 is 15.0 Å². The minimum atomic E-state index is -0.395. The maximum Gasteiger partial charge on any atom is 0.338 e. The third kappa shape index (κ3) is 5.98. The van der Waals surface area contributed by atoms with E-state index in [1.165, 1.54) is 11.8 Å². The molecule has 1 saturated heterocycles. The van der Waals surface area contributed by atoms with Crippen LogP contribution in [-0.4, -0.2) is 36.2 Å². The van der Waals surface area contributed by atoms with E-state index in [1.807, 2.05) is 18.2 Å². The number of esters is 1. The summed E-state index contributed by atoms with van der Waals surface area (Å²) in [6.45, 7) is 9.76. The van der Waals surface area contributed by atoms with Gasteiger partial charge in [-0.05, 0) is 81.4 Å². The second kappa shape index (κ2) is 10.3. The van der Waals surface area contributed by atoms with Crippen LogP contribution in [0.4, 0.5) is 11.4 Å². The lowest BCUT2D eigenvalue weighted by Gasteiger charge is -2.20. The maximum absolute atomic E-state index is 12.4. The van der Waals surface area contributed by atoms with E-state index in [-0.39, 0.29) is 12.0 Å². The molecule has 2 aromatic carbocycles. The number of anilines is 1. The first-order valence-electron chi connectivity index (χ1n) is 10.3. The van der Waals surface area contributed by atoms with Crippen molar-refractivity contribution < 1.29 is 14.3 Å². The molecule has 1 aliphatic heterocycles. The van der Waals surface area contributed by atoms with Crippen LogP contribution in [0.5, 0.6) is 0 Å². The average molecular weight is 438 g/mol. The molecule has 6 nitrogen and oxygen atoms in total. The zero-order valence-corrected chi connectivity index (χ0v) is 19.0. The standard InChI is InChI=1S/C24H27N3O3S/c1-5-27(6-2)20-12-10-17(11-13-20)14-21-22(28)26-24(31-21)25-19-9-7-8-18(15-19)23(29)30-16(3)4/h7-16H,5-6H2,1-4H3,(H,25,26,28)/b21-14-. The van der Waals surface area contributed by atoms with Gasteiger partial charge in [-0.3, -0.25) is 4.79 Å². The molecule has 162 valence electrons. The molecule has 0 saturated carbocycles. The number of carbonyl (C=O) groups is 2. The monoisotopic (exact) mass is 437 g/mol. The summed E-state index contributed by atoms with van der Waals surface area (Å²) >= 11 is 1.28. The van der Waals surface area contributed by atoms with E-state index in [2.05, 4.69) is 41.2 Å². The van der Waals surface area contributed by atoms with Gasteiger partial charge in [0.1, 0.15) is 0 Å². The molecule has 1 aliphatic rings. The Bertz CT molecular complexity index is 1010. The van der Waals surface area contributed by atoms with Crippen molar-refractivity contribution in [2.24, 2.45) is 4.99 Å². The van der Waals surface area contributed by atoms with Crippen LogP contribution in [0.25, 0.3) is 6.08 Å². The number of nitrogens with zero attached hydrogens (tertiary/aromatic N) is 2. The number of amides is 1. The number of benzene rings is 2. The summed E-state index contributed by atoms with van der Waals surface area (Å²) in [6.07, 6.45) is 1.66. The third-order valence-corrected chi connectivity index (χ3v) is 5.54. The van der Waals surface area contributed by atoms with E-state index < -0.39 is 5.97 Å². The normalized spacial score (nSPS) is 16.1. The molecule has 0 aliphatic carbocycles. The van der Waals surface area contributed by atoms with Gasteiger partial charge in [0, 0.05) is 18.8 Å². The molecule has 7 heteroatoms. The molecule has 3 rings (SSSR count). The molecule has 1 heterocycles. The Balaban J connectivity index is 1.74. The third-order valence-electron chi connectivity index (χ3n) is 4.63. The second-order valence-electron chi connectivity index (χ2n) is 7.25. The minimum absolute atomic E-state index is 0.188. The number of aliphatic imine (C=N–C) groups is 1. The highest BCUT2D eigenvalue weighted by molar-refractivity contribution is 8.18. The number of hydrogen-bond acceptors (Lipinski definition) is 6. The smallest absolute Gasteiger partial charge is 0.338 e. The Kier molecular flexibility index (Phi) is 7.52. The number of carbonyl (C=O) groups excluding carboxylic acids is 2. The highest BCUT2D eigenvalue weighted by Gasteiger charge is 2.24. The SMILES string of the molecule is CCN(CC)c1ccc(/C=C2\SC(=Nc3cccc(C(=O)OC(C)C)c3)NC2=O)cc1. The van der Waals surface area contributed by atoms with Gasteiger partial charge in [-0.25, -0.2) is 9.79 Å². The van der Waals surface area contributed by atoms with Gasteiger partial charge in [0.25, 0.3) is 5.91 Å². The van der Waals surface area contributed by atoms with Crippen molar-refractivity contribution in [1.82, 2.24) is 5.32 Å². The van der Waals surface area contributed by atoms with Crippen molar-refractivity contribution in [3.05, 3.63) is 64.6 Å². The highest BCUT2D eigenvalue weighted by Crippen LogP contribution is 2.29. The molecule has 0 bridgehead atoms. The predicted molar refractivity (Wildman–Crippen MR) is 128 cm³/mol. The lowest BCUT2D eigenvalue weighted by atomic mass is 10.1. The zero-order chi connectivity index (χ0) is 22.4. The molecule has 2 aromatic rings. The van der Waals surface area contributed by atoms with Crippen LogP contribution in [0.15, 0.2) is 58.4 Å². The lowest BCUT2D eigenvalue weighted by Crippen LogP contribution is -2.21. The zero-order valence-electron chi connectivity index (χ0n) is 18.2. The van der Waals surface area contributed by atoms with Gasteiger partial charge in [0.05, 0.1) is 22.3 Å². The van der Waals surface area contributed by atoms with Gasteiger partial charge in [0.2, 0.25) is 0 Å². The fourth-order valence-corrected chi connectivity index (χ4v) is 3.95. The van der Waals surface area contributed by atoms with Crippen LogP contribution < -0.4 is 10.2 Å². The summed E-state index contributed by atoms with van der Waals surface area (Å²) in [5, 5.41) is 3.26. The van der Waals surface area contributed by atoms with Crippen molar-refractivity contribution in [3.8, 4) is 0 Å². The summed E-state index contributed by atoms with van der Waals surface area (Å²) < 4.78 is 5.22. The largest absolute Gasteiger partial charge is 0.459 e. The fraction of sp³-hybridized carbons (Fsp3) is 0.292. The fourth-order valence-electron chi connectivity index (χ4n) is 3.10. The molecule has 0 unspecified atom stereocenters. The average Bonchev–Trinajstić information content (AvgIpc) is 3.08. The number of ether oxygens (including phenoxy) is 1. The molecule has 1 N–H and O–H groups in total. The van der Waals surface area contributed by atoms with Crippen molar-refractivity contribution in [3.63, 3.8) is 0 Å². The molecule has 1 amide bonds. The quantitative estimate of drug-likeness (QED) is 0.488. The summed E-state index contributed by atoms with van der Waals surface area (Å²) in [6, 6.07) is 15.0. The number of nitrogens with one attached hydrogen (secondary N) is 1. The summed E-state index contributed by atoms with van der Waals surface area (Å²) in [4.78, 5) is 31.8. The van der Waals surface area contributed by atoms with Crippen molar-refractivity contribution in [2.75, 3.05) is 18.0 Å². The van der Waals surface area contributed by atoms with E-state index in [1.54, 1.807) is 38.1 Å². The van der Waals surface area contributed by atoms with Crippen LogP contribution in [0.2, 0.25) is 0 Å². The summed E-state index contributed by atoms with van der Waals surface area (Å²) in [5.41, 5.74) is 3.11. The van der Waals surface area contributed by atoms with Crippen LogP contribution >= 0.6 is 11.8 Å². The Morgan fingerprint density at radius 3 is 2.52 bits per heavy atom. The predicted octanol–water partition coefficient (Wildman–Crippen LogP) is 4.99. The molecular formula is C24H27N3O3S. The van der Waals surface area contributed by atoms with E-state index in [0.29, 0.717) is 21.3 Å². The number of rotatable bonds is 7. The first kappa shape index (κ1) is 22.6. The molecule has 0 radical (unpaired) electrons. The molecule has 0 aromatic heterocycles. The molecule has 1 fully saturated rings. The van der Waals surface area contributed by atoms with Crippen LogP contribution in [0.3, 0.4) is 0 Å². The van der Waals surface area contributed by atoms with Gasteiger partial charge >= 0.3 is 5.97 Å². The van der Waals surface area contributed by atoms with Crippen molar-refractivity contribution in [1.29, 1.82) is 0 Å². The van der Waals surface area contributed by atoms with Crippen LogP contribution in [0, 0.1) is 0 Å². The minimum Gasteiger partial charge on any atom is -0.459 e. The van der Waals surface area contributed by atoms with E-state index in [0.717, 1.165) is 24.3 Å². The Hall–Kier alpha value is -3.06. The highest BCUT2D eigenvalue weighted by atomic mass is 32.2. The Morgan fingerprint density at radius 1 is 1.16 bits per heavy atom. The van der Waals surface area contributed by atoms with Gasteiger partial charge in [-0.15, -0.1) is 0 Å². The van der Waals surface area contributed by atoms with Gasteiger partial charge in [-0.1, -0.05) is 18.2 Å². The second-order valence-corrected chi connectivity index (χ2v) is 8.28. The topological polar surface area (TPSA) is 71.0 Å². The van der Waals surface area contributed by atoms with Gasteiger partial charge in [-0.2, -0.15) is 0 Å². The van der Waals surface area contributed by atoms with Crippen molar-refractivity contribution in [2.45, 2.75) is 33.8 Å².